The van der Waals surface area contributed by atoms with Crippen molar-refractivity contribution < 1.29 is 9.47 Å². The predicted molar refractivity (Wildman–Crippen MR) is 83.7 cm³/mol. The highest BCUT2D eigenvalue weighted by atomic mass is 16.5. The maximum Gasteiger partial charge on any atom is 0.165 e. The summed E-state index contributed by atoms with van der Waals surface area (Å²) in [6.07, 6.45) is 1.01. The van der Waals surface area contributed by atoms with E-state index in [9.17, 15) is 0 Å². The molecule has 0 fully saturated rings. The van der Waals surface area contributed by atoms with Gasteiger partial charge in [-0.3, -0.25) is 0 Å². The second kappa shape index (κ2) is 9.61. The molecule has 0 aliphatic carbocycles. The first-order valence-electron chi connectivity index (χ1n) is 7.42. The molecule has 0 heterocycles. The Labute approximate surface area is 123 Å². The van der Waals surface area contributed by atoms with Crippen molar-refractivity contribution in [2.24, 2.45) is 0 Å². The average molecular weight is 280 g/mol. The summed E-state index contributed by atoms with van der Waals surface area (Å²) >= 11 is 0. The number of nitrogens with zero attached hydrogens (tertiary/aromatic N) is 1. The molecule has 0 saturated carbocycles. The number of hydrogen-bond donors (Lipinski definition) is 1. The first kappa shape index (κ1) is 16.8. The van der Waals surface area contributed by atoms with Gasteiger partial charge in [0.2, 0.25) is 0 Å². The van der Waals surface area contributed by atoms with Crippen molar-refractivity contribution in [2.75, 3.05) is 40.4 Å². The van der Waals surface area contributed by atoms with Crippen LogP contribution in [0.15, 0.2) is 18.2 Å². The zero-order valence-corrected chi connectivity index (χ0v) is 13.2. The highest BCUT2D eigenvalue weighted by Gasteiger charge is 2.10. The Balaban J connectivity index is 2.70. The van der Waals surface area contributed by atoms with E-state index in [1.165, 1.54) is 0 Å². The number of nitrogens with one attached hydrogen (secondary N) is 1. The van der Waals surface area contributed by atoms with Gasteiger partial charge in [-0.2, -0.15) is 0 Å². The van der Waals surface area contributed by atoms with Crippen molar-refractivity contribution in [1.82, 2.24) is 10.2 Å². The van der Waals surface area contributed by atoms with Crippen LogP contribution in [0.1, 0.15) is 25.8 Å². The zero-order chi connectivity index (χ0) is 14.8. The lowest BCUT2D eigenvalue weighted by atomic mass is 10.2. The van der Waals surface area contributed by atoms with E-state index in [0.29, 0.717) is 13.2 Å². The van der Waals surface area contributed by atoms with Gasteiger partial charge in [-0.05, 0) is 40.1 Å². The molecule has 0 amide bonds. The number of ether oxygens (including phenoxy) is 2. The summed E-state index contributed by atoms with van der Waals surface area (Å²) in [6.45, 7) is 8.23. The van der Waals surface area contributed by atoms with Crippen LogP contribution in [0.25, 0.3) is 0 Å². The van der Waals surface area contributed by atoms with Crippen molar-refractivity contribution >= 4 is 0 Å². The summed E-state index contributed by atoms with van der Waals surface area (Å²) in [5, 5.41) is 3.34. The summed E-state index contributed by atoms with van der Waals surface area (Å²) in [5.74, 6) is 1.72. The molecule has 114 valence electrons. The molecule has 1 aromatic carbocycles. The smallest absolute Gasteiger partial charge is 0.165 e. The van der Waals surface area contributed by atoms with Gasteiger partial charge >= 0.3 is 0 Å². The molecule has 0 aliphatic rings. The van der Waals surface area contributed by atoms with Gasteiger partial charge in [0.25, 0.3) is 0 Å². The molecular weight excluding hydrogens is 252 g/mol. The molecule has 1 N–H and O–H groups in total. The maximum atomic E-state index is 5.98. The van der Waals surface area contributed by atoms with Crippen LogP contribution in [0.2, 0.25) is 0 Å². The quantitative estimate of drug-likeness (QED) is 0.668. The Kier molecular flexibility index (Phi) is 8.07. The summed E-state index contributed by atoms with van der Waals surface area (Å²) in [6, 6.07) is 6.08. The minimum Gasteiger partial charge on any atom is -0.490 e. The lowest BCUT2D eigenvalue weighted by molar-refractivity contribution is 0.256. The van der Waals surface area contributed by atoms with E-state index < -0.39 is 0 Å². The summed E-state index contributed by atoms with van der Waals surface area (Å²) in [4.78, 5) is 2.16. The van der Waals surface area contributed by atoms with E-state index in [-0.39, 0.29) is 0 Å². The molecule has 20 heavy (non-hydrogen) atoms. The third-order valence-corrected chi connectivity index (χ3v) is 2.92. The molecule has 0 spiro atoms. The molecule has 0 atom stereocenters. The monoisotopic (exact) mass is 280 g/mol. The summed E-state index contributed by atoms with van der Waals surface area (Å²) < 4.78 is 11.6. The van der Waals surface area contributed by atoms with Gasteiger partial charge in [0.1, 0.15) is 0 Å². The van der Waals surface area contributed by atoms with Crippen molar-refractivity contribution in [3.8, 4) is 11.5 Å². The second-order valence-corrected chi connectivity index (χ2v) is 4.96. The second-order valence-electron chi connectivity index (χ2n) is 4.96. The normalized spacial score (nSPS) is 10.8. The molecule has 0 bridgehead atoms. The van der Waals surface area contributed by atoms with Gasteiger partial charge in [-0.15, -0.1) is 0 Å². The van der Waals surface area contributed by atoms with Crippen molar-refractivity contribution in [2.45, 2.75) is 26.8 Å². The van der Waals surface area contributed by atoms with Crippen molar-refractivity contribution in [3.05, 3.63) is 23.8 Å². The van der Waals surface area contributed by atoms with Crippen LogP contribution < -0.4 is 14.8 Å². The minimum atomic E-state index is 0.652. The molecule has 0 unspecified atom stereocenters. The summed E-state index contributed by atoms with van der Waals surface area (Å²) in [7, 11) is 4.15. The Hall–Kier alpha value is -1.26. The molecule has 4 nitrogen and oxygen atoms in total. The van der Waals surface area contributed by atoms with Crippen molar-refractivity contribution in [1.29, 1.82) is 0 Å². The molecular formula is C16H28N2O2. The standard InChI is InChI=1S/C16H28N2O2/c1-5-17-13-14-9-7-10-15(19-6-2)16(14)20-12-8-11-18(3)4/h7,9-10,17H,5-6,8,11-13H2,1-4H3. The van der Waals surface area contributed by atoms with E-state index in [2.05, 4.69) is 37.3 Å². The molecule has 0 saturated heterocycles. The average Bonchev–Trinajstić information content (AvgIpc) is 2.43. The third kappa shape index (κ3) is 5.80. The Bertz CT molecular complexity index is 381. The van der Waals surface area contributed by atoms with Crippen LogP contribution in [0.5, 0.6) is 11.5 Å². The third-order valence-electron chi connectivity index (χ3n) is 2.92. The topological polar surface area (TPSA) is 33.7 Å². The molecule has 0 radical (unpaired) electrons. The molecule has 0 aliphatic heterocycles. The first-order valence-corrected chi connectivity index (χ1v) is 7.42. The number of rotatable bonds is 10. The largest absolute Gasteiger partial charge is 0.490 e. The van der Waals surface area contributed by atoms with Crippen molar-refractivity contribution in [3.63, 3.8) is 0 Å². The van der Waals surface area contributed by atoms with Crippen LogP contribution in [0.4, 0.5) is 0 Å². The highest BCUT2D eigenvalue weighted by Crippen LogP contribution is 2.31. The van der Waals surface area contributed by atoms with Gasteiger partial charge < -0.3 is 19.7 Å². The van der Waals surface area contributed by atoms with E-state index in [0.717, 1.165) is 43.1 Å². The maximum absolute atomic E-state index is 5.98. The molecule has 1 rings (SSSR count). The fourth-order valence-corrected chi connectivity index (χ4v) is 1.95. The van der Waals surface area contributed by atoms with Crippen LogP contribution in [-0.4, -0.2) is 45.3 Å². The fraction of sp³-hybridized carbons (Fsp3) is 0.625. The Morgan fingerprint density at radius 2 is 1.95 bits per heavy atom. The Morgan fingerprint density at radius 1 is 1.15 bits per heavy atom. The molecule has 4 heteroatoms. The number of benzene rings is 1. The van der Waals surface area contributed by atoms with Crippen LogP contribution >= 0.6 is 0 Å². The molecule has 0 aromatic heterocycles. The Morgan fingerprint density at radius 3 is 2.60 bits per heavy atom. The lowest BCUT2D eigenvalue weighted by Gasteiger charge is -2.17. The SMILES string of the molecule is CCNCc1cccc(OCC)c1OCCCN(C)C. The van der Waals surface area contributed by atoms with E-state index in [1.54, 1.807) is 0 Å². The van der Waals surface area contributed by atoms with E-state index in [1.807, 2.05) is 19.1 Å². The zero-order valence-electron chi connectivity index (χ0n) is 13.2. The van der Waals surface area contributed by atoms with Gasteiger partial charge in [0.15, 0.2) is 11.5 Å². The van der Waals surface area contributed by atoms with Gasteiger partial charge in [0, 0.05) is 18.7 Å². The fourth-order valence-electron chi connectivity index (χ4n) is 1.95. The summed E-state index contributed by atoms with van der Waals surface area (Å²) in [5.41, 5.74) is 1.16. The number of hydrogen-bond acceptors (Lipinski definition) is 4. The van der Waals surface area contributed by atoms with Gasteiger partial charge in [-0.1, -0.05) is 19.1 Å². The van der Waals surface area contributed by atoms with Crippen LogP contribution in [-0.2, 0) is 6.54 Å². The number of para-hydroxylation sites is 1. The minimum absolute atomic E-state index is 0.652. The van der Waals surface area contributed by atoms with Crippen LogP contribution in [0, 0.1) is 0 Å². The lowest BCUT2D eigenvalue weighted by Crippen LogP contribution is -2.17. The van der Waals surface area contributed by atoms with E-state index >= 15 is 0 Å². The predicted octanol–water partition coefficient (Wildman–Crippen LogP) is 2.53. The first-order chi connectivity index (χ1) is 9.69. The molecule has 1 aromatic rings. The van der Waals surface area contributed by atoms with Gasteiger partial charge in [0.05, 0.1) is 13.2 Å². The van der Waals surface area contributed by atoms with Crippen LogP contribution in [0.3, 0.4) is 0 Å². The van der Waals surface area contributed by atoms with E-state index in [4.69, 9.17) is 9.47 Å². The van der Waals surface area contributed by atoms with Gasteiger partial charge in [-0.25, -0.2) is 0 Å². The highest BCUT2D eigenvalue weighted by molar-refractivity contribution is 5.46.